The van der Waals surface area contributed by atoms with E-state index in [1.54, 1.807) is 37.6 Å². The van der Waals surface area contributed by atoms with Crippen molar-refractivity contribution in [3.8, 4) is 11.5 Å². The fourth-order valence-electron chi connectivity index (χ4n) is 2.42. The highest BCUT2D eigenvalue weighted by Crippen LogP contribution is 2.17. The van der Waals surface area contributed by atoms with E-state index >= 15 is 0 Å². The number of aromatic nitrogens is 1. The predicted molar refractivity (Wildman–Crippen MR) is 106 cm³/mol. The van der Waals surface area contributed by atoms with Crippen LogP contribution in [-0.4, -0.2) is 31.2 Å². The van der Waals surface area contributed by atoms with Crippen LogP contribution in [0.2, 0.25) is 0 Å². The zero-order valence-corrected chi connectivity index (χ0v) is 15.3. The minimum atomic E-state index is -0.494. The van der Waals surface area contributed by atoms with Crippen LogP contribution in [0.3, 0.4) is 0 Å². The topological polar surface area (TPSA) is 72.5 Å². The first-order valence-corrected chi connectivity index (χ1v) is 8.68. The molecule has 7 heteroatoms. The van der Waals surface area contributed by atoms with Crippen molar-refractivity contribution in [1.82, 2.24) is 4.98 Å². The zero-order chi connectivity index (χ0) is 19.8. The third-order valence-electron chi connectivity index (χ3n) is 3.88. The average Bonchev–Trinajstić information content (AvgIpc) is 2.73. The van der Waals surface area contributed by atoms with E-state index in [1.165, 1.54) is 12.1 Å². The summed E-state index contributed by atoms with van der Waals surface area (Å²) in [5.41, 5.74) is 1.07. The van der Waals surface area contributed by atoms with Gasteiger partial charge in [-0.25, -0.2) is 9.37 Å². The van der Waals surface area contributed by atoms with Crippen molar-refractivity contribution in [2.24, 2.45) is 0 Å². The lowest BCUT2D eigenvalue weighted by molar-refractivity contribution is 0.102. The molecule has 0 saturated carbocycles. The molecule has 3 rings (SSSR count). The van der Waals surface area contributed by atoms with Crippen molar-refractivity contribution in [3.05, 3.63) is 78.4 Å². The van der Waals surface area contributed by atoms with Crippen LogP contribution in [-0.2, 0) is 0 Å². The van der Waals surface area contributed by atoms with E-state index in [9.17, 15) is 9.18 Å². The molecule has 28 heavy (non-hydrogen) atoms. The Bertz CT molecular complexity index is 915. The molecule has 0 aliphatic carbocycles. The maximum absolute atomic E-state index is 13.6. The molecule has 144 valence electrons. The lowest BCUT2D eigenvalue weighted by Crippen LogP contribution is -2.15. The van der Waals surface area contributed by atoms with E-state index < -0.39 is 11.7 Å². The number of nitrogens with zero attached hydrogens (tertiary/aromatic N) is 1. The molecule has 2 aromatic carbocycles. The van der Waals surface area contributed by atoms with Crippen LogP contribution in [0.5, 0.6) is 11.5 Å². The van der Waals surface area contributed by atoms with Gasteiger partial charge in [-0.05, 0) is 48.5 Å². The Hall–Kier alpha value is -3.61. The second-order valence-corrected chi connectivity index (χ2v) is 5.82. The molecule has 0 unspecified atom stereocenters. The smallest absolute Gasteiger partial charge is 0.274 e. The van der Waals surface area contributed by atoms with Crippen LogP contribution in [0.1, 0.15) is 10.5 Å². The van der Waals surface area contributed by atoms with Crippen LogP contribution in [0.15, 0.2) is 66.9 Å². The first-order chi connectivity index (χ1) is 13.7. The largest absolute Gasteiger partial charge is 0.497 e. The number of methoxy groups -OCH3 is 1. The summed E-state index contributed by atoms with van der Waals surface area (Å²) < 4.78 is 24.3. The van der Waals surface area contributed by atoms with Crippen molar-refractivity contribution < 1.29 is 18.7 Å². The molecule has 0 aliphatic rings. The molecule has 1 aromatic heterocycles. The number of halogens is 1. The molecule has 0 fully saturated rings. The van der Waals surface area contributed by atoms with E-state index in [0.717, 1.165) is 17.2 Å². The third-order valence-corrected chi connectivity index (χ3v) is 3.88. The Morgan fingerprint density at radius 3 is 2.46 bits per heavy atom. The summed E-state index contributed by atoms with van der Waals surface area (Å²) in [5, 5.41) is 5.66. The standard InChI is InChI=1S/C21H20FN3O3/c1-27-16-7-9-17(10-8-16)28-13-12-23-15-6-11-20(24-14-15)21(26)25-19-5-3-2-4-18(19)22/h2-11,14,23H,12-13H2,1H3,(H,25,26). The fraction of sp³-hybridized carbons (Fsp3) is 0.143. The molecule has 3 aromatic rings. The number of carbonyl (C=O) groups is 1. The second-order valence-electron chi connectivity index (χ2n) is 5.82. The van der Waals surface area contributed by atoms with Gasteiger partial charge in [0, 0.05) is 6.54 Å². The number of anilines is 2. The summed E-state index contributed by atoms with van der Waals surface area (Å²) in [6.45, 7) is 1.02. The lowest BCUT2D eigenvalue weighted by Gasteiger charge is -2.10. The number of amides is 1. The highest BCUT2D eigenvalue weighted by Gasteiger charge is 2.10. The Kier molecular flexibility index (Phi) is 6.41. The van der Waals surface area contributed by atoms with Gasteiger partial charge in [-0.1, -0.05) is 12.1 Å². The molecule has 0 saturated heterocycles. The second kappa shape index (κ2) is 9.36. The van der Waals surface area contributed by atoms with Crippen LogP contribution in [0, 0.1) is 5.82 Å². The molecule has 0 radical (unpaired) electrons. The number of pyridine rings is 1. The Balaban J connectivity index is 1.46. The van der Waals surface area contributed by atoms with Gasteiger partial charge >= 0.3 is 0 Å². The first kappa shape index (κ1) is 19.2. The monoisotopic (exact) mass is 381 g/mol. The lowest BCUT2D eigenvalue weighted by atomic mass is 10.2. The minimum Gasteiger partial charge on any atom is -0.497 e. The molecular weight excluding hydrogens is 361 g/mol. The van der Waals surface area contributed by atoms with Crippen molar-refractivity contribution in [1.29, 1.82) is 0 Å². The summed E-state index contributed by atoms with van der Waals surface area (Å²) in [4.78, 5) is 16.3. The molecule has 6 nitrogen and oxygen atoms in total. The van der Waals surface area contributed by atoms with Gasteiger partial charge in [-0.15, -0.1) is 0 Å². The maximum Gasteiger partial charge on any atom is 0.274 e. The third kappa shape index (κ3) is 5.20. The summed E-state index contributed by atoms with van der Waals surface area (Å²) in [6, 6.07) is 16.6. The molecule has 0 bridgehead atoms. The van der Waals surface area contributed by atoms with E-state index in [-0.39, 0.29) is 11.4 Å². The van der Waals surface area contributed by atoms with E-state index in [0.29, 0.717) is 13.2 Å². The zero-order valence-electron chi connectivity index (χ0n) is 15.3. The van der Waals surface area contributed by atoms with Gasteiger partial charge in [0.2, 0.25) is 0 Å². The summed E-state index contributed by atoms with van der Waals surface area (Å²) in [6.07, 6.45) is 1.55. The summed E-state index contributed by atoms with van der Waals surface area (Å²) >= 11 is 0. The normalized spacial score (nSPS) is 10.2. The number of nitrogens with one attached hydrogen (secondary N) is 2. The van der Waals surface area contributed by atoms with Gasteiger partial charge < -0.3 is 20.1 Å². The number of para-hydroxylation sites is 1. The van der Waals surface area contributed by atoms with Crippen LogP contribution < -0.4 is 20.1 Å². The molecule has 2 N–H and O–H groups in total. The van der Waals surface area contributed by atoms with Crippen molar-refractivity contribution in [2.45, 2.75) is 0 Å². The number of hydrogen-bond acceptors (Lipinski definition) is 5. The van der Waals surface area contributed by atoms with Gasteiger partial charge in [-0.3, -0.25) is 4.79 Å². The Labute approximate surface area is 162 Å². The van der Waals surface area contributed by atoms with E-state index in [2.05, 4.69) is 15.6 Å². The molecular formula is C21H20FN3O3. The Morgan fingerprint density at radius 1 is 1.04 bits per heavy atom. The number of ether oxygens (including phenoxy) is 2. The van der Waals surface area contributed by atoms with Crippen molar-refractivity contribution in [3.63, 3.8) is 0 Å². The van der Waals surface area contributed by atoms with Crippen LogP contribution >= 0.6 is 0 Å². The molecule has 0 spiro atoms. The minimum absolute atomic E-state index is 0.118. The summed E-state index contributed by atoms with van der Waals surface area (Å²) in [7, 11) is 1.61. The first-order valence-electron chi connectivity index (χ1n) is 8.68. The average molecular weight is 381 g/mol. The van der Waals surface area contributed by atoms with Gasteiger partial charge in [0.15, 0.2) is 0 Å². The number of benzene rings is 2. The fourth-order valence-corrected chi connectivity index (χ4v) is 2.42. The van der Waals surface area contributed by atoms with E-state index in [4.69, 9.17) is 9.47 Å². The van der Waals surface area contributed by atoms with Gasteiger partial charge in [0.1, 0.15) is 29.6 Å². The van der Waals surface area contributed by atoms with Gasteiger partial charge in [0.25, 0.3) is 5.91 Å². The molecule has 0 atom stereocenters. The maximum atomic E-state index is 13.6. The van der Waals surface area contributed by atoms with Gasteiger partial charge in [-0.2, -0.15) is 0 Å². The molecule has 1 amide bonds. The van der Waals surface area contributed by atoms with Crippen LogP contribution in [0.25, 0.3) is 0 Å². The van der Waals surface area contributed by atoms with Gasteiger partial charge in [0.05, 0.1) is 24.7 Å². The van der Waals surface area contributed by atoms with Crippen molar-refractivity contribution in [2.75, 3.05) is 30.9 Å². The predicted octanol–water partition coefficient (Wildman–Crippen LogP) is 3.97. The number of carbonyl (C=O) groups excluding carboxylic acids is 1. The SMILES string of the molecule is COc1ccc(OCCNc2ccc(C(=O)Nc3ccccc3F)nc2)cc1. The van der Waals surface area contributed by atoms with Crippen molar-refractivity contribution >= 4 is 17.3 Å². The highest BCUT2D eigenvalue weighted by atomic mass is 19.1. The quantitative estimate of drug-likeness (QED) is 0.578. The molecule has 0 aliphatic heterocycles. The summed E-state index contributed by atoms with van der Waals surface area (Å²) in [5.74, 6) is 0.557. The highest BCUT2D eigenvalue weighted by molar-refractivity contribution is 6.03. The number of hydrogen-bond donors (Lipinski definition) is 2. The number of rotatable bonds is 8. The Morgan fingerprint density at radius 2 is 1.79 bits per heavy atom. The van der Waals surface area contributed by atoms with E-state index in [1.807, 2.05) is 24.3 Å². The van der Waals surface area contributed by atoms with Crippen LogP contribution in [0.4, 0.5) is 15.8 Å². The molecule has 1 heterocycles.